The van der Waals surface area contributed by atoms with E-state index >= 15 is 0 Å². The summed E-state index contributed by atoms with van der Waals surface area (Å²) < 4.78 is 5.30. The first-order valence-electron chi connectivity index (χ1n) is 10.1. The van der Waals surface area contributed by atoms with Gasteiger partial charge in [-0.1, -0.05) is 12.1 Å². The predicted octanol–water partition coefficient (Wildman–Crippen LogP) is 2.89. The van der Waals surface area contributed by atoms with Crippen LogP contribution in [-0.2, 0) is 16.1 Å². The fourth-order valence-electron chi connectivity index (χ4n) is 3.97. The topological polar surface area (TPSA) is 82.9 Å². The quantitative estimate of drug-likeness (QED) is 0.844. The largest absolute Gasteiger partial charge is 0.467 e. The molecule has 2 aliphatic heterocycles. The van der Waals surface area contributed by atoms with Crippen molar-refractivity contribution in [3.63, 3.8) is 0 Å². The van der Waals surface area contributed by atoms with Crippen LogP contribution in [-0.4, -0.2) is 47.2 Å². The summed E-state index contributed by atoms with van der Waals surface area (Å²) in [6.07, 6.45) is 4.89. The van der Waals surface area contributed by atoms with E-state index in [0.717, 1.165) is 32.4 Å². The molecule has 3 amide bonds. The van der Waals surface area contributed by atoms with Crippen molar-refractivity contribution in [1.29, 1.82) is 0 Å². The van der Waals surface area contributed by atoms with Crippen LogP contribution in [0.5, 0.6) is 0 Å². The lowest BCUT2D eigenvalue weighted by atomic mass is 10.1. The molecular weight excluding hydrogens is 370 g/mol. The van der Waals surface area contributed by atoms with Gasteiger partial charge in [-0.25, -0.2) is 0 Å². The number of carbonyl (C=O) groups excluding carboxylic acids is 3. The Morgan fingerprint density at radius 2 is 1.86 bits per heavy atom. The summed E-state index contributed by atoms with van der Waals surface area (Å²) >= 11 is 0. The number of piperidine rings is 1. The molecule has 7 heteroatoms. The van der Waals surface area contributed by atoms with Gasteiger partial charge >= 0.3 is 0 Å². The molecule has 2 saturated heterocycles. The molecule has 0 aliphatic carbocycles. The van der Waals surface area contributed by atoms with Crippen LogP contribution in [0, 0.1) is 5.92 Å². The van der Waals surface area contributed by atoms with E-state index in [9.17, 15) is 14.4 Å². The van der Waals surface area contributed by atoms with Crippen molar-refractivity contribution in [3.8, 4) is 0 Å². The third-order valence-corrected chi connectivity index (χ3v) is 5.57. The lowest BCUT2D eigenvalue weighted by molar-refractivity contribution is -0.128. The minimum atomic E-state index is -0.449. The molecule has 29 heavy (non-hydrogen) atoms. The highest BCUT2D eigenvalue weighted by atomic mass is 16.3. The van der Waals surface area contributed by atoms with Gasteiger partial charge in [0.05, 0.1) is 30.0 Å². The van der Waals surface area contributed by atoms with Gasteiger partial charge in [0, 0.05) is 26.1 Å². The number of carbonyl (C=O) groups is 3. The molecule has 2 fully saturated rings. The number of benzene rings is 1. The Balaban J connectivity index is 1.42. The van der Waals surface area contributed by atoms with E-state index < -0.39 is 5.92 Å². The monoisotopic (exact) mass is 395 g/mol. The molecule has 1 unspecified atom stereocenters. The van der Waals surface area contributed by atoms with Crippen LogP contribution in [0.15, 0.2) is 47.1 Å². The summed E-state index contributed by atoms with van der Waals surface area (Å²) in [6, 6.07) is 10.7. The van der Waals surface area contributed by atoms with Gasteiger partial charge < -0.3 is 19.5 Å². The van der Waals surface area contributed by atoms with Gasteiger partial charge in [-0.05, 0) is 43.5 Å². The fraction of sp³-hybridized carbons (Fsp3) is 0.409. The zero-order valence-electron chi connectivity index (χ0n) is 16.3. The number of anilines is 1. The average molecular weight is 395 g/mol. The molecule has 1 aromatic carbocycles. The maximum absolute atomic E-state index is 12.9. The van der Waals surface area contributed by atoms with Crippen molar-refractivity contribution in [1.82, 2.24) is 9.80 Å². The minimum absolute atomic E-state index is 0.0532. The smallest absolute Gasteiger partial charge is 0.255 e. The first kappa shape index (κ1) is 19.2. The second kappa shape index (κ2) is 8.51. The molecular formula is C22H25N3O4. The lowest BCUT2D eigenvalue weighted by Gasteiger charge is -2.27. The standard InChI is InChI=1S/C22H25N3O4/c26-20-13-16(14-25(20)15-17-7-6-12-29-17)21(27)23-19-9-3-2-8-18(19)22(28)24-10-4-1-5-11-24/h2-3,6-9,12,16H,1,4-5,10-11,13-15H2,(H,23,27). The van der Waals surface area contributed by atoms with Crippen molar-refractivity contribution in [2.24, 2.45) is 5.92 Å². The minimum Gasteiger partial charge on any atom is -0.467 e. The van der Waals surface area contributed by atoms with Crippen molar-refractivity contribution < 1.29 is 18.8 Å². The molecule has 1 N–H and O–H groups in total. The maximum atomic E-state index is 12.9. The van der Waals surface area contributed by atoms with Gasteiger partial charge in [-0.15, -0.1) is 0 Å². The number of rotatable bonds is 5. The van der Waals surface area contributed by atoms with E-state index in [1.165, 1.54) is 0 Å². The normalized spacial score (nSPS) is 19.4. The Hall–Kier alpha value is -3.09. The second-order valence-electron chi connectivity index (χ2n) is 7.64. The molecule has 2 aromatic rings. The third kappa shape index (κ3) is 4.34. The first-order valence-corrected chi connectivity index (χ1v) is 10.1. The van der Waals surface area contributed by atoms with Crippen molar-refractivity contribution in [3.05, 3.63) is 54.0 Å². The number of nitrogens with zero attached hydrogens (tertiary/aromatic N) is 2. The van der Waals surface area contributed by atoms with Gasteiger partial charge in [-0.3, -0.25) is 14.4 Å². The van der Waals surface area contributed by atoms with Gasteiger partial charge in [0.25, 0.3) is 5.91 Å². The molecule has 0 saturated carbocycles. The Morgan fingerprint density at radius 1 is 1.07 bits per heavy atom. The van der Waals surface area contributed by atoms with E-state index in [1.807, 2.05) is 11.0 Å². The number of nitrogens with one attached hydrogen (secondary N) is 1. The number of likely N-dealkylation sites (tertiary alicyclic amines) is 2. The van der Waals surface area contributed by atoms with Crippen molar-refractivity contribution >= 4 is 23.4 Å². The van der Waals surface area contributed by atoms with Gasteiger partial charge in [-0.2, -0.15) is 0 Å². The Kier molecular flexibility index (Phi) is 5.64. The number of hydrogen-bond acceptors (Lipinski definition) is 4. The van der Waals surface area contributed by atoms with E-state index in [0.29, 0.717) is 30.1 Å². The SMILES string of the molecule is O=C(Nc1ccccc1C(=O)N1CCCCC1)C1CC(=O)N(Cc2ccco2)C1. The van der Waals surface area contributed by atoms with E-state index in [1.54, 1.807) is 41.5 Å². The van der Waals surface area contributed by atoms with Crippen LogP contribution in [0.4, 0.5) is 5.69 Å². The van der Waals surface area contributed by atoms with E-state index in [2.05, 4.69) is 5.32 Å². The maximum Gasteiger partial charge on any atom is 0.255 e. The van der Waals surface area contributed by atoms with Crippen LogP contribution in [0.1, 0.15) is 41.8 Å². The summed E-state index contributed by atoms with van der Waals surface area (Å²) in [5.74, 6) is -0.117. The number of furan rings is 1. The van der Waals surface area contributed by atoms with Crippen LogP contribution in [0.2, 0.25) is 0 Å². The molecule has 152 valence electrons. The lowest BCUT2D eigenvalue weighted by Crippen LogP contribution is -2.36. The third-order valence-electron chi connectivity index (χ3n) is 5.57. The van der Waals surface area contributed by atoms with Crippen LogP contribution < -0.4 is 5.32 Å². The van der Waals surface area contributed by atoms with Crippen LogP contribution >= 0.6 is 0 Å². The van der Waals surface area contributed by atoms with Gasteiger partial charge in [0.15, 0.2) is 0 Å². The van der Waals surface area contributed by atoms with Crippen LogP contribution in [0.25, 0.3) is 0 Å². The summed E-state index contributed by atoms with van der Waals surface area (Å²) in [7, 11) is 0. The molecule has 7 nitrogen and oxygen atoms in total. The second-order valence-corrected chi connectivity index (χ2v) is 7.64. The Labute approximate surface area is 169 Å². The highest BCUT2D eigenvalue weighted by Gasteiger charge is 2.35. The zero-order chi connectivity index (χ0) is 20.2. The number of hydrogen-bond donors (Lipinski definition) is 1. The first-order chi connectivity index (χ1) is 14.1. The predicted molar refractivity (Wildman–Crippen MR) is 107 cm³/mol. The van der Waals surface area contributed by atoms with Gasteiger partial charge in [0.1, 0.15) is 5.76 Å². The summed E-state index contributed by atoms with van der Waals surface area (Å²) in [6.45, 7) is 2.20. The number of para-hydroxylation sites is 1. The molecule has 1 atom stereocenters. The molecule has 0 spiro atoms. The zero-order valence-corrected chi connectivity index (χ0v) is 16.3. The van der Waals surface area contributed by atoms with E-state index in [4.69, 9.17) is 4.42 Å². The van der Waals surface area contributed by atoms with Crippen molar-refractivity contribution in [2.75, 3.05) is 25.0 Å². The van der Waals surface area contributed by atoms with Gasteiger partial charge in [0.2, 0.25) is 11.8 Å². The van der Waals surface area contributed by atoms with E-state index in [-0.39, 0.29) is 24.1 Å². The Morgan fingerprint density at radius 3 is 2.62 bits per heavy atom. The molecule has 4 rings (SSSR count). The highest BCUT2D eigenvalue weighted by molar-refractivity contribution is 6.05. The van der Waals surface area contributed by atoms with Crippen LogP contribution in [0.3, 0.4) is 0 Å². The molecule has 0 bridgehead atoms. The Bertz CT molecular complexity index is 887. The number of amides is 3. The summed E-state index contributed by atoms with van der Waals surface area (Å²) in [5.41, 5.74) is 1.00. The molecule has 0 radical (unpaired) electrons. The molecule has 3 heterocycles. The fourth-order valence-corrected chi connectivity index (χ4v) is 3.97. The average Bonchev–Trinajstić information content (AvgIpc) is 3.39. The van der Waals surface area contributed by atoms with Crippen molar-refractivity contribution in [2.45, 2.75) is 32.2 Å². The molecule has 2 aliphatic rings. The summed E-state index contributed by atoms with van der Waals surface area (Å²) in [4.78, 5) is 41.5. The highest BCUT2D eigenvalue weighted by Crippen LogP contribution is 2.24. The summed E-state index contributed by atoms with van der Waals surface area (Å²) in [5, 5.41) is 2.88. The molecule has 1 aromatic heterocycles.